The zero-order valence-corrected chi connectivity index (χ0v) is 18.5. The Balaban J connectivity index is 1.20. The Morgan fingerprint density at radius 3 is 2.78 bits per heavy atom. The molecule has 0 N–H and O–H groups in total. The lowest BCUT2D eigenvalue weighted by Gasteiger charge is -2.32. The van der Waals surface area contributed by atoms with Crippen LogP contribution in [0.1, 0.15) is 60.8 Å². The van der Waals surface area contributed by atoms with Gasteiger partial charge in [-0.15, -0.1) is 0 Å². The predicted molar refractivity (Wildman–Crippen MR) is 116 cm³/mol. The van der Waals surface area contributed by atoms with Crippen molar-refractivity contribution >= 4 is 11.6 Å². The number of amides is 1. The van der Waals surface area contributed by atoms with E-state index < -0.39 is 0 Å². The second-order valence-electron chi connectivity index (χ2n) is 9.06. The Kier molecular flexibility index (Phi) is 5.63. The highest BCUT2D eigenvalue weighted by Crippen LogP contribution is 2.37. The molecule has 0 unspecified atom stereocenters. The molecule has 1 saturated heterocycles. The van der Waals surface area contributed by atoms with Crippen LogP contribution >= 0.6 is 0 Å². The maximum Gasteiger partial charge on any atom is 0.249 e. The van der Waals surface area contributed by atoms with Crippen molar-refractivity contribution in [3.8, 4) is 0 Å². The molecule has 7 nitrogen and oxygen atoms in total. The monoisotopic (exact) mass is 437 g/mol. The molecule has 1 aliphatic carbocycles. The summed E-state index contributed by atoms with van der Waals surface area (Å²) in [5.74, 6) is 0.953. The van der Waals surface area contributed by atoms with E-state index in [4.69, 9.17) is 4.84 Å². The van der Waals surface area contributed by atoms with Gasteiger partial charge in [-0.1, -0.05) is 0 Å². The minimum atomic E-state index is -0.346. The summed E-state index contributed by atoms with van der Waals surface area (Å²) in [7, 11) is 0. The molecular formula is C24H28FN5O2. The number of aryl methyl sites for hydroxylation is 2. The maximum absolute atomic E-state index is 14.0. The Morgan fingerprint density at radius 1 is 1.19 bits per heavy atom. The van der Waals surface area contributed by atoms with Crippen LogP contribution in [0.2, 0.25) is 0 Å². The van der Waals surface area contributed by atoms with E-state index in [2.05, 4.69) is 27.2 Å². The first kappa shape index (κ1) is 21.0. The number of halogens is 1. The minimum absolute atomic E-state index is 0.0206. The van der Waals surface area contributed by atoms with Crippen LogP contribution in [0.3, 0.4) is 0 Å². The van der Waals surface area contributed by atoms with Gasteiger partial charge in [-0.2, -0.15) is 5.10 Å². The highest BCUT2D eigenvalue weighted by Gasteiger charge is 2.37. The molecule has 4 heterocycles. The van der Waals surface area contributed by atoms with E-state index in [-0.39, 0.29) is 23.7 Å². The van der Waals surface area contributed by atoms with E-state index in [1.54, 1.807) is 17.6 Å². The molecular weight excluding hydrogens is 409 g/mol. The third kappa shape index (κ3) is 4.11. The Hall–Kier alpha value is -2.87. The lowest BCUT2D eigenvalue weighted by Crippen LogP contribution is -2.36. The first-order valence-electron chi connectivity index (χ1n) is 11.4. The molecule has 0 aromatic carbocycles. The number of carbonyl (C=O) groups is 1. The van der Waals surface area contributed by atoms with Gasteiger partial charge in [0.25, 0.3) is 0 Å². The van der Waals surface area contributed by atoms with Crippen molar-refractivity contribution in [1.82, 2.24) is 24.6 Å². The fourth-order valence-corrected chi connectivity index (χ4v) is 4.98. The van der Waals surface area contributed by atoms with Crippen molar-refractivity contribution in [1.29, 1.82) is 0 Å². The summed E-state index contributed by atoms with van der Waals surface area (Å²) in [5, 5.41) is 5.82. The molecule has 2 aliphatic rings. The van der Waals surface area contributed by atoms with E-state index in [1.165, 1.54) is 16.7 Å². The second-order valence-corrected chi connectivity index (χ2v) is 9.06. The van der Waals surface area contributed by atoms with Gasteiger partial charge in [0.2, 0.25) is 5.91 Å². The van der Waals surface area contributed by atoms with E-state index in [1.807, 2.05) is 13.1 Å². The largest absolute Gasteiger partial charge is 0.272 e. The van der Waals surface area contributed by atoms with Crippen LogP contribution in [-0.2, 0) is 16.1 Å². The van der Waals surface area contributed by atoms with Gasteiger partial charge in [0.1, 0.15) is 11.6 Å². The summed E-state index contributed by atoms with van der Waals surface area (Å²) >= 11 is 0. The highest BCUT2D eigenvalue weighted by atomic mass is 19.1. The van der Waals surface area contributed by atoms with Gasteiger partial charge in [-0.3, -0.25) is 14.6 Å². The van der Waals surface area contributed by atoms with Crippen LogP contribution in [0.15, 0.2) is 30.6 Å². The van der Waals surface area contributed by atoms with Gasteiger partial charge in [0, 0.05) is 24.7 Å². The second kappa shape index (κ2) is 8.58. The molecule has 5 rings (SSSR count). The van der Waals surface area contributed by atoms with Crippen molar-refractivity contribution in [3.63, 3.8) is 0 Å². The van der Waals surface area contributed by atoms with E-state index in [0.29, 0.717) is 30.2 Å². The third-order valence-corrected chi connectivity index (χ3v) is 6.78. The predicted octanol–water partition coefficient (Wildman–Crippen LogP) is 4.13. The molecule has 0 bridgehead atoms. The topological polar surface area (TPSA) is 72.6 Å². The summed E-state index contributed by atoms with van der Waals surface area (Å²) in [5.41, 5.74) is 3.20. The van der Waals surface area contributed by atoms with Gasteiger partial charge in [0.05, 0.1) is 18.3 Å². The van der Waals surface area contributed by atoms with Crippen LogP contribution < -0.4 is 0 Å². The van der Waals surface area contributed by atoms with E-state index in [9.17, 15) is 9.18 Å². The Labute approximate surface area is 186 Å². The summed E-state index contributed by atoms with van der Waals surface area (Å²) in [6, 6.07) is 5.43. The zero-order valence-electron chi connectivity index (χ0n) is 18.5. The number of nitrogens with zero attached hydrogens (tertiary/aromatic N) is 5. The number of pyridine rings is 2. The number of aromatic nitrogens is 4. The summed E-state index contributed by atoms with van der Waals surface area (Å²) < 4.78 is 15.8. The summed E-state index contributed by atoms with van der Waals surface area (Å²) in [4.78, 5) is 27.5. The number of carbonyl (C=O) groups excluding carboxylic acids is 1. The number of fused-ring (bicyclic) bond motifs is 1. The molecule has 8 heteroatoms. The van der Waals surface area contributed by atoms with Crippen molar-refractivity contribution in [3.05, 3.63) is 59.1 Å². The molecule has 3 aromatic heterocycles. The first-order valence-corrected chi connectivity index (χ1v) is 11.4. The van der Waals surface area contributed by atoms with Crippen LogP contribution in [0, 0.1) is 31.5 Å². The molecule has 1 amide bonds. The third-order valence-electron chi connectivity index (χ3n) is 6.78. The van der Waals surface area contributed by atoms with Crippen LogP contribution in [-0.4, -0.2) is 37.2 Å². The number of hydrogen-bond donors (Lipinski definition) is 0. The Bertz CT molecular complexity index is 1140. The standard InChI is InChI=1S/C24H28FN5O2/c1-15-21(25)13-20(14-26-15)22-8-10-32-30(22)24(31)19-5-3-17(4-6-19)11-18-7-9-29-23(12-18)27-16(2)28-29/h7,9,12-14,17,19,22H,3-6,8,10-11H2,1-2H3/t17-,19-,22-/m0/s1. The number of rotatable bonds is 4. The van der Waals surface area contributed by atoms with Crippen molar-refractivity contribution in [2.24, 2.45) is 11.8 Å². The highest BCUT2D eigenvalue weighted by molar-refractivity contribution is 5.78. The summed E-state index contributed by atoms with van der Waals surface area (Å²) in [6.07, 6.45) is 8.98. The normalized spacial score (nSPS) is 23.7. The molecule has 2 fully saturated rings. The van der Waals surface area contributed by atoms with Crippen molar-refractivity contribution in [2.75, 3.05) is 6.61 Å². The molecule has 168 valence electrons. The quantitative estimate of drug-likeness (QED) is 0.614. The van der Waals surface area contributed by atoms with E-state index in [0.717, 1.165) is 43.6 Å². The van der Waals surface area contributed by atoms with Crippen molar-refractivity contribution < 1.29 is 14.0 Å². The minimum Gasteiger partial charge on any atom is -0.272 e. The smallest absolute Gasteiger partial charge is 0.249 e. The fourth-order valence-electron chi connectivity index (χ4n) is 4.98. The average Bonchev–Trinajstić information content (AvgIpc) is 3.41. The Morgan fingerprint density at radius 2 is 2.00 bits per heavy atom. The number of hydroxylamine groups is 2. The van der Waals surface area contributed by atoms with Gasteiger partial charge < -0.3 is 0 Å². The van der Waals surface area contributed by atoms with Crippen LogP contribution in [0.25, 0.3) is 5.65 Å². The van der Waals surface area contributed by atoms with Gasteiger partial charge in [0.15, 0.2) is 5.65 Å². The van der Waals surface area contributed by atoms with Crippen LogP contribution in [0.5, 0.6) is 0 Å². The van der Waals surface area contributed by atoms with Crippen molar-refractivity contribution in [2.45, 2.75) is 58.4 Å². The molecule has 1 saturated carbocycles. The lowest BCUT2D eigenvalue weighted by molar-refractivity contribution is -0.183. The SMILES string of the molecule is Cc1nc2cc(C[C@H]3CC[C@H](C(=O)N4OCC[C@H]4c4cnc(C)c(F)c4)CC3)ccn2n1. The lowest BCUT2D eigenvalue weighted by atomic mass is 9.79. The first-order chi connectivity index (χ1) is 15.5. The number of hydrogen-bond acceptors (Lipinski definition) is 5. The van der Waals surface area contributed by atoms with Gasteiger partial charge in [-0.25, -0.2) is 19.0 Å². The van der Waals surface area contributed by atoms with Gasteiger partial charge in [-0.05, 0) is 81.2 Å². The molecule has 1 atom stereocenters. The van der Waals surface area contributed by atoms with E-state index >= 15 is 0 Å². The summed E-state index contributed by atoms with van der Waals surface area (Å²) in [6.45, 7) is 3.99. The molecule has 32 heavy (non-hydrogen) atoms. The molecule has 3 aromatic rings. The average molecular weight is 438 g/mol. The zero-order chi connectivity index (χ0) is 22.2. The molecule has 0 radical (unpaired) electrons. The van der Waals surface area contributed by atoms with Crippen LogP contribution in [0.4, 0.5) is 4.39 Å². The van der Waals surface area contributed by atoms with Gasteiger partial charge >= 0.3 is 0 Å². The fraction of sp³-hybridized carbons (Fsp3) is 0.500. The molecule has 0 spiro atoms. The molecule has 1 aliphatic heterocycles. The maximum atomic E-state index is 14.0.